The number of rotatable bonds is 2. The first-order valence-electron chi connectivity index (χ1n) is 2.77. The highest BCUT2D eigenvalue weighted by molar-refractivity contribution is 7.10. The Bertz CT molecular complexity index is 324. The molecule has 0 N–H and O–H groups in total. The highest BCUT2D eigenvalue weighted by Crippen LogP contribution is 2.07. The summed E-state index contributed by atoms with van der Waals surface area (Å²) >= 11 is 5.84. The van der Waals surface area contributed by atoms with E-state index in [9.17, 15) is 9.59 Å². The van der Waals surface area contributed by atoms with Crippen LogP contribution >= 0.6 is 23.1 Å². The summed E-state index contributed by atoms with van der Waals surface area (Å²) in [6.45, 7) is 0. The molecule has 0 aliphatic rings. The molecule has 0 aliphatic carbocycles. The van der Waals surface area contributed by atoms with Crippen molar-refractivity contribution in [2.24, 2.45) is 0 Å². The fourth-order valence-electron chi connectivity index (χ4n) is 0.478. The van der Waals surface area contributed by atoms with Crippen LogP contribution in [0.4, 0.5) is 0 Å². The number of aromatic nitrogens is 2. The van der Waals surface area contributed by atoms with Crippen LogP contribution in [-0.2, 0) is 4.74 Å². The molecule has 0 saturated heterocycles. The summed E-state index contributed by atoms with van der Waals surface area (Å²) in [4.78, 5) is 24.8. The molecule has 0 atom stereocenters. The van der Waals surface area contributed by atoms with Crippen LogP contribution in [0.1, 0.15) is 20.4 Å². The lowest BCUT2D eigenvalue weighted by Crippen LogP contribution is -2.03. The van der Waals surface area contributed by atoms with Gasteiger partial charge in [0.2, 0.25) is 0 Å². The monoisotopic (exact) mass is 206 g/mol. The maximum Gasteiger partial charge on any atom is 0.377 e. The zero-order chi connectivity index (χ0) is 9.14. The van der Waals surface area contributed by atoms with Gasteiger partial charge >= 0.3 is 5.97 Å². The van der Waals surface area contributed by atoms with E-state index in [1.54, 1.807) is 0 Å². The fourth-order valence-corrected chi connectivity index (χ4v) is 1.11. The highest BCUT2D eigenvalue weighted by atomic mass is 35.5. The first-order valence-corrected chi connectivity index (χ1v) is 3.92. The molecule has 1 heterocycles. The van der Waals surface area contributed by atoms with Gasteiger partial charge in [-0.25, -0.2) is 9.78 Å². The number of esters is 1. The van der Waals surface area contributed by atoms with E-state index in [1.165, 1.54) is 7.11 Å². The minimum atomic E-state index is -0.734. The van der Waals surface area contributed by atoms with Crippen LogP contribution in [0, 0.1) is 0 Å². The number of nitrogens with zero attached hydrogens (tertiary/aromatic N) is 2. The molecule has 0 aromatic carbocycles. The number of hydrogen-bond acceptors (Lipinski definition) is 6. The van der Waals surface area contributed by atoms with E-state index in [0.717, 1.165) is 11.5 Å². The molecule has 0 amide bonds. The van der Waals surface area contributed by atoms with Gasteiger partial charge in [0.25, 0.3) is 11.1 Å². The van der Waals surface area contributed by atoms with E-state index in [2.05, 4.69) is 14.1 Å². The maximum atomic E-state index is 10.8. The second kappa shape index (κ2) is 3.59. The zero-order valence-electron chi connectivity index (χ0n) is 5.91. The molecule has 0 fully saturated rings. The smallest absolute Gasteiger partial charge is 0.377 e. The standard InChI is InChI=1S/C5H3ClN2O3S/c1-11-5(10)3-7-4(2(6)9)12-8-3/h1H3. The number of ether oxygens (including phenoxy) is 1. The van der Waals surface area contributed by atoms with Gasteiger partial charge in [0, 0.05) is 0 Å². The molecule has 1 aromatic heterocycles. The van der Waals surface area contributed by atoms with Gasteiger partial charge in [-0.15, -0.1) is 0 Å². The maximum absolute atomic E-state index is 10.8. The average molecular weight is 207 g/mol. The topological polar surface area (TPSA) is 69.2 Å². The minimum Gasteiger partial charge on any atom is -0.463 e. The van der Waals surface area contributed by atoms with E-state index in [-0.39, 0.29) is 10.8 Å². The molecular weight excluding hydrogens is 204 g/mol. The Hall–Kier alpha value is -1.01. The molecule has 64 valence electrons. The third kappa shape index (κ3) is 1.77. The van der Waals surface area contributed by atoms with Crippen molar-refractivity contribution in [2.75, 3.05) is 7.11 Å². The van der Waals surface area contributed by atoms with Gasteiger partial charge in [-0.05, 0) is 23.1 Å². The van der Waals surface area contributed by atoms with E-state index < -0.39 is 11.2 Å². The Kier molecular flexibility index (Phi) is 2.72. The number of carbonyl (C=O) groups excluding carboxylic acids is 2. The van der Waals surface area contributed by atoms with Gasteiger partial charge in [-0.3, -0.25) is 4.79 Å². The van der Waals surface area contributed by atoms with Crippen molar-refractivity contribution in [3.8, 4) is 0 Å². The van der Waals surface area contributed by atoms with Crippen molar-refractivity contribution in [3.05, 3.63) is 10.8 Å². The molecule has 0 spiro atoms. The van der Waals surface area contributed by atoms with Crippen LogP contribution in [-0.4, -0.2) is 27.7 Å². The van der Waals surface area contributed by atoms with Gasteiger partial charge in [0.15, 0.2) is 5.01 Å². The SMILES string of the molecule is COC(=O)c1nsc(C(=O)Cl)n1. The van der Waals surface area contributed by atoms with E-state index >= 15 is 0 Å². The lowest BCUT2D eigenvalue weighted by atomic mass is 10.6. The summed E-state index contributed by atoms with van der Waals surface area (Å²) in [5, 5.41) is -0.750. The Morgan fingerprint density at radius 1 is 1.58 bits per heavy atom. The summed E-state index contributed by atoms with van der Waals surface area (Å²) < 4.78 is 7.88. The number of halogens is 1. The van der Waals surface area contributed by atoms with Crippen LogP contribution in [0.25, 0.3) is 0 Å². The molecule has 12 heavy (non-hydrogen) atoms. The largest absolute Gasteiger partial charge is 0.463 e. The van der Waals surface area contributed by atoms with Crippen LogP contribution < -0.4 is 0 Å². The quantitative estimate of drug-likeness (QED) is 0.526. The van der Waals surface area contributed by atoms with Crippen molar-refractivity contribution >= 4 is 34.3 Å². The summed E-state index contributed by atoms with van der Waals surface area (Å²) in [5.74, 6) is -0.832. The van der Waals surface area contributed by atoms with Crippen LogP contribution in [0.5, 0.6) is 0 Å². The normalized spacial score (nSPS) is 9.50. The molecule has 7 heteroatoms. The van der Waals surface area contributed by atoms with Crippen LogP contribution in [0.3, 0.4) is 0 Å². The zero-order valence-corrected chi connectivity index (χ0v) is 7.48. The average Bonchev–Trinajstić information content (AvgIpc) is 2.51. The van der Waals surface area contributed by atoms with Crippen molar-refractivity contribution < 1.29 is 14.3 Å². The fraction of sp³-hybridized carbons (Fsp3) is 0.200. The molecule has 0 aliphatic heterocycles. The highest BCUT2D eigenvalue weighted by Gasteiger charge is 2.15. The summed E-state index contributed by atoms with van der Waals surface area (Å²) in [6, 6.07) is 0. The van der Waals surface area contributed by atoms with Gasteiger partial charge in [-0.1, -0.05) is 0 Å². The Morgan fingerprint density at radius 2 is 2.25 bits per heavy atom. The van der Waals surface area contributed by atoms with Crippen LogP contribution in [0.15, 0.2) is 0 Å². The van der Waals surface area contributed by atoms with Crippen molar-refractivity contribution in [1.82, 2.24) is 9.36 Å². The van der Waals surface area contributed by atoms with Gasteiger partial charge in [0.1, 0.15) is 0 Å². The van der Waals surface area contributed by atoms with Gasteiger partial charge < -0.3 is 4.74 Å². The Labute approximate surface area is 76.5 Å². The molecule has 0 bridgehead atoms. The molecule has 1 aromatic rings. The molecule has 0 radical (unpaired) electrons. The van der Waals surface area contributed by atoms with Gasteiger partial charge in [0.05, 0.1) is 7.11 Å². The third-order valence-corrected chi connectivity index (χ3v) is 1.97. The van der Waals surface area contributed by atoms with E-state index in [0.29, 0.717) is 0 Å². The predicted molar refractivity (Wildman–Crippen MR) is 41.4 cm³/mol. The second-order valence-electron chi connectivity index (χ2n) is 1.69. The third-order valence-electron chi connectivity index (χ3n) is 0.962. The van der Waals surface area contributed by atoms with Gasteiger partial charge in [-0.2, -0.15) is 4.37 Å². The first kappa shape index (κ1) is 9.08. The number of methoxy groups -OCH3 is 1. The van der Waals surface area contributed by atoms with Crippen molar-refractivity contribution in [2.45, 2.75) is 0 Å². The van der Waals surface area contributed by atoms with E-state index in [1.807, 2.05) is 0 Å². The molecule has 0 saturated carbocycles. The van der Waals surface area contributed by atoms with E-state index in [4.69, 9.17) is 11.6 Å². The molecule has 5 nitrogen and oxygen atoms in total. The number of carbonyl (C=O) groups is 2. The van der Waals surface area contributed by atoms with Crippen molar-refractivity contribution in [3.63, 3.8) is 0 Å². The second-order valence-corrected chi connectivity index (χ2v) is 2.78. The summed E-state index contributed by atoms with van der Waals surface area (Å²) in [6.07, 6.45) is 0. The summed E-state index contributed by atoms with van der Waals surface area (Å²) in [7, 11) is 1.20. The lowest BCUT2D eigenvalue weighted by molar-refractivity contribution is 0.0588. The number of hydrogen-bond donors (Lipinski definition) is 0. The molecule has 1 rings (SSSR count). The predicted octanol–water partition coefficient (Wildman–Crippen LogP) is 0.704. The Morgan fingerprint density at radius 3 is 2.67 bits per heavy atom. The lowest BCUT2D eigenvalue weighted by Gasteiger charge is -1.88. The first-order chi connectivity index (χ1) is 5.65. The molecular formula is C5H3ClN2O3S. The molecule has 0 unspecified atom stereocenters. The minimum absolute atomic E-state index is 0.0166. The van der Waals surface area contributed by atoms with Crippen molar-refractivity contribution in [1.29, 1.82) is 0 Å². The summed E-state index contributed by atoms with van der Waals surface area (Å²) in [5.41, 5.74) is 0. The van der Waals surface area contributed by atoms with Crippen LogP contribution in [0.2, 0.25) is 0 Å². The Balaban J connectivity index is 2.91.